The van der Waals surface area contributed by atoms with Crippen molar-refractivity contribution in [1.82, 2.24) is 0 Å². The molecule has 2 N–H and O–H groups in total. The largest absolute Gasteiger partial charge is 0.373 e. The Morgan fingerprint density at radius 1 is 0.773 bits per heavy atom. The highest BCUT2D eigenvalue weighted by Gasteiger charge is 2.09. The van der Waals surface area contributed by atoms with Crippen LogP contribution >= 0.6 is 0 Å². The second-order valence-electron chi connectivity index (χ2n) is 4.15. The molecule has 0 heterocycles. The van der Waals surface area contributed by atoms with Gasteiger partial charge in [0.25, 0.3) is 0 Å². The molecular formula is C16H10N4O2. The fraction of sp³-hybridized carbons (Fsp3) is 0.125. The minimum Gasteiger partial charge on any atom is -0.373 e. The molecule has 6 nitrogen and oxygen atoms in total. The average Bonchev–Trinajstić information content (AvgIpc) is 2.57. The molecule has 0 aliphatic rings. The van der Waals surface area contributed by atoms with Crippen LogP contribution in [0.1, 0.15) is 11.1 Å². The number of benzene rings is 1. The number of hydrogen-bond acceptors (Lipinski definition) is 6. The van der Waals surface area contributed by atoms with Gasteiger partial charge in [-0.1, -0.05) is 24.3 Å². The van der Waals surface area contributed by atoms with E-state index in [0.717, 1.165) is 0 Å². The van der Waals surface area contributed by atoms with Crippen molar-refractivity contribution in [2.75, 3.05) is 0 Å². The molecule has 106 valence electrons. The van der Waals surface area contributed by atoms with Crippen LogP contribution in [0.2, 0.25) is 0 Å². The molecule has 0 saturated carbocycles. The van der Waals surface area contributed by atoms with E-state index in [0.29, 0.717) is 11.1 Å². The summed E-state index contributed by atoms with van der Waals surface area (Å²) < 4.78 is 0. The highest BCUT2D eigenvalue weighted by atomic mass is 16.3. The van der Waals surface area contributed by atoms with Gasteiger partial charge >= 0.3 is 0 Å². The van der Waals surface area contributed by atoms with Crippen LogP contribution in [0.5, 0.6) is 0 Å². The van der Waals surface area contributed by atoms with E-state index in [4.69, 9.17) is 21.0 Å². The summed E-state index contributed by atoms with van der Waals surface area (Å²) in [4.78, 5) is 0. The van der Waals surface area contributed by atoms with E-state index in [1.807, 2.05) is 0 Å². The van der Waals surface area contributed by atoms with Crippen LogP contribution in [-0.2, 0) is 0 Å². The van der Waals surface area contributed by atoms with Gasteiger partial charge in [0.15, 0.2) is 12.2 Å². The first-order chi connectivity index (χ1) is 10.5. The molecule has 0 aliphatic carbocycles. The highest BCUT2D eigenvalue weighted by molar-refractivity contribution is 5.64. The minimum absolute atomic E-state index is 0.0802. The standard InChI is InChI=1S/C16H10N4O2/c17-7-13(15(21)9-19)5-11-1-2-12(4-3-11)6-14(8-18)16(22)10-20/h1-6,15-16,21-22H. The predicted molar refractivity (Wildman–Crippen MR) is 76.9 cm³/mol. The summed E-state index contributed by atoms with van der Waals surface area (Å²) in [5.41, 5.74) is 1.01. The van der Waals surface area contributed by atoms with Crippen molar-refractivity contribution in [3.63, 3.8) is 0 Å². The SMILES string of the molecule is N#CC(=Cc1ccc(C=C(C#N)C(O)C#N)cc1)C(O)C#N. The zero-order valence-corrected chi connectivity index (χ0v) is 11.3. The molecule has 22 heavy (non-hydrogen) atoms. The van der Waals surface area contributed by atoms with Crippen LogP contribution in [0.4, 0.5) is 0 Å². The number of rotatable bonds is 4. The summed E-state index contributed by atoms with van der Waals surface area (Å²) in [6.07, 6.45) is -0.228. The van der Waals surface area contributed by atoms with Crippen molar-refractivity contribution < 1.29 is 10.2 Å². The van der Waals surface area contributed by atoms with Crippen LogP contribution in [0.15, 0.2) is 35.4 Å². The number of nitriles is 4. The molecular weight excluding hydrogens is 280 g/mol. The Morgan fingerprint density at radius 2 is 1.09 bits per heavy atom. The second-order valence-corrected chi connectivity index (χ2v) is 4.15. The van der Waals surface area contributed by atoms with E-state index in [1.54, 1.807) is 48.5 Å². The van der Waals surface area contributed by atoms with Gasteiger partial charge in [-0.05, 0) is 23.3 Å². The second kappa shape index (κ2) is 8.00. The van der Waals surface area contributed by atoms with E-state index in [1.165, 1.54) is 12.2 Å². The Kier molecular flexibility index (Phi) is 6.05. The Bertz CT molecular complexity index is 698. The lowest BCUT2D eigenvalue weighted by Crippen LogP contribution is -2.05. The lowest BCUT2D eigenvalue weighted by molar-refractivity contribution is 0.271. The predicted octanol–water partition coefficient (Wildman–Crippen LogP) is 1.27. The first-order valence-corrected chi connectivity index (χ1v) is 6.04. The zero-order chi connectivity index (χ0) is 16.5. The van der Waals surface area contributed by atoms with Gasteiger partial charge in [0.2, 0.25) is 0 Å². The minimum atomic E-state index is -1.49. The van der Waals surface area contributed by atoms with Crippen molar-refractivity contribution in [2.24, 2.45) is 0 Å². The van der Waals surface area contributed by atoms with E-state index in [-0.39, 0.29) is 11.1 Å². The van der Waals surface area contributed by atoms with Crippen LogP contribution in [0.25, 0.3) is 12.2 Å². The van der Waals surface area contributed by atoms with Gasteiger partial charge < -0.3 is 10.2 Å². The molecule has 6 heteroatoms. The van der Waals surface area contributed by atoms with Crippen molar-refractivity contribution in [3.8, 4) is 24.3 Å². The summed E-state index contributed by atoms with van der Waals surface area (Å²) in [6, 6.07) is 13.1. The summed E-state index contributed by atoms with van der Waals surface area (Å²) in [5, 5.41) is 53.5. The Morgan fingerprint density at radius 3 is 1.32 bits per heavy atom. The van der Waals surface area contributed by atoms with E-state index >= 15 is 0 Å². The maximum Gasteiger partial charge on any atom is 0.175 e. The van der Waals surface area contributed by atoms with E-state index in [2.05, 4.69) is 0 Å². The molecule has 2 atom stereocenters. The summed E-state index contributed by atoms with van der Waals surface area (Å²) in [5.74, 6) is 0. The molecule has 0 radical (unpaired) electrons. The summed E-state index contributed by atoms with van der Waals surface area (Å²) in [7, 11) is 0. The number of aliphatic hydroxyl groups excluding tert-OH is 2. The molecule has 0 bridgehead atoms. The quantitative estimate of drug-likeness (QED) is 0.633. The molecule has 0 aliphatic heterocycles. The number of hydrogen-bond donors (Lipinski definition) is 2. The van der Waals surface area contributed by atoms with Crippen molar-refractivity contribution in [3.05, 3.63) is 46.5 Å². The van der Waals surface area contributed by atoms with E-state index < -0.39 is 12.2 Å². The third kappa shape index (κ3) is 4.30. The van der Waals surface area contributed by atoms with Gasteiger partial charge in [0.05, 0.1) is 35.4 Å². The molecule has 1 aromatic carbocycles. The van der Waals surface area contributed by atoms with Crippen LogP contribution in [0.3, 0.4) is 0 Å². The number of nitrogens with zero attached hydrogens (tertiary/aromatic N) is 4. The maximum absolute atomic E-state index is 9.32. The zero-order valence-electron chi connectivity index (χ0n) is 11.3. The molecule has 0 amide bonds. The third-order valence-corrected chi connectivity index (χ3v) is 2.67. The van der Waals surface area contributed by atoms with Gasteiger partial charge in [-0.2, -0.15) is 21.0 Å². The third-order valence-electron chi connectivity index (χ3n) is 2.67. The first kappa shape index (κ1) is 16.6. The van der Waals surface area contributed by atoms with Gasteiger partial charge in [0.1, 0.15) is 0 Å². The molecule has 0 fully saturated rings. The Labute approximate surface area is 127 Å². The molecule has 1 aromatic rings. The smallest absolute Gasteiger partial charge is 0.175 e. The first-order valence-electron chi connectivity index (χ1n) is 6.04. The fourth-order valence-electron chi connectivity index (χ4n) is 1.53. The van der Waals surface area contributed by atoms with E-state index in [9.17, 15) is 10.2 Å². The topological polar surface area (TPSA) is 136 Å². The monoisotopic (exact) mass is 290 g/mol. The normalized spacial score (nSPS) is 13.9. The molecule has 1 rings (SSSR count). The van der Waals surface area contributed by atoms with Gasteiger partial charge in [0, 0.05) is 0 Å². The fourth-order valence-corrected chi connectivity index (χ4v) is 1.53. The lowest BCUT2D eigenvalue weighted by Gasteiger charge is -2.02. The Hall–Kier alpha value is -3.42. The van der Waals surface area contributed by atoms with Crippen molar-refractivity contribution in [1.29, 1.82) is 21.0 Å². The number of aliphatic hydroxyl groups is 2. The van der Waals surface area contributed by atoms with Gasteiger partial charge in [-0.15, -0.1) is 0 Å². The molecule has 0 spiro atoms. The highest BCUT2D eigenvalue weighted by Crippen LogP contribution is 2.14. The van der Waals surface area contributed by atoms with Crippen LogP contribution in [-0.4, -0.2) is 22.4 Å². The Balaban J connectivity index is 3.08. The van der Waals surface area contributed by atoms with Gasteiger partial charge in [-0.3, -0.25) is 0 Å². The summed E-state index contributed by atoms with van der Waals surface area (Å²) >= 11 is 0. The molecule has 0 aromatic heterocycles. The maximum atomic E-state index is 9.32. The van der Waals surface area contributed by atoms with Gasteiger partial charge in [-0.25, -0.2) is 0 Å². The van der Waals surface area contributed by atoms with Crippen molar-refractivity contribution in [2.45, 2.75) is 12.2 Å². The van der Waals surface area contributed by atoms with Crippen molar-refractivity contribution >= 4 is 12.2 Å². The molecule has 0 saturated heterocycles. The molecule has 2 unspecified atom stereocenters. The van der Waals surface area contributed by atoms with Crippen LogP contribution < -0.4 is 0 Å². The van der Waals surface area contributed by atoms with Crippen LogP contribution in [0, 0.1) is 45.3 Å². The lowest BCUT2D eigenvalue weighted by atomic mass is 10.0. The summed E-state index contributed by atoms with van der Waals surface area (Å²) in [6.45, 7) is 0. The average molecular weight is 290 g/mol.